The predicted octanol–water partition coefficient (Wildman–Crippen LogP) is 6.14. The zero-order valence-electron chi connectivity index (χ0n) is 21.0. The van der Waals surface area contributed by atoms with E-state index in [4.69, 9.17) is 26.8 Å². The normalized spacial score (nSPS) is 11.5. The fourth-order valence-corrected chi connectivity index (χ4v) is 3.80. The third-order valence-corrected chi connectivity index (χ3v) is 5.89. The summed E-state index contributed by atoms with van der Waals surface area (Å²) in [5, 5.41) is 8.22. The summed E-state index contributed by atoms with van der Waals surface area (Å²) < 4.78 is 26.5. The van der Waals surface area contributed by atoms with Crippen LogP contribution in [0.5, 0.6) is 17.4 Å². The number of ketones is 1. The number of hydrogen-bond acceptors (Lipinski definition) is 8. The fourth-order valence-electron chi connectivity index (χ4n) is 3.58. The van der Waals surface area contributed by atoms with E-state index in [2.05, 4.69) is 41.2 Å². The molecule has 11 heteroatoms. The predicted molar refractivity (Wildman–Crippen MR) is 141 cm³/mol. The van der Waals surface area contributed by atoms with Crippen molar-refractivity contribution in [2.75, 3.05) is 18.2 Å². The number of carbonyl (C=O) groups is 1. The average molecular weight is 527 g/mol. The van der Waals surface area contributed by atoms with Gasteiger partial charge in [0.1, 0.15) is 23.6 Å². The van der Waals surface area contributed by atoms with Gasteiger partial charge in [-0.05, 0) is 30.0 Å². The van der Waals surface area contributed by atoms with Crippen molar-refractivity contribution in [3.05, 3.63) is 53.7 Å². The molecule has 0 aliphatic rings. The number of aromatic nitrogens is 4. The van der Waals surface area contributed by atoms with E-state index in [1.54, 1.807) is 24.3 Å². The average Bonchev–Trinajstić information content (AvgIpc) is 3.17. The highest BCUT2D eigenvalue weighted by atomic mass is 35.5. The van der Waals surface area contributed by atoms with Gasteiger partial charge in [-0.15, -0.1) is 5.10 Å². The first kappa shape index (κ1) is 26.2. The molecule has 0 bridgehead atoms. The van der Waals surface area contributed by atoms with Gasteiger partial charge in [-0.2, -0.15) is 4.39 Å². The quantitative estimate of drug-likeness (QED) is 0.250. The Labute approximate surface area is 218 Å². The number of methoxy groups -OCH3 is 1. The molecule has 0 unspecified atom stereocenters. The SMILES string of the molecule is COc1cc2ncnc(Nc3ccc(Oc4nn(CC(=O)CCC(C)(C)C)cc4F)cc3Cl)c2cc1N. The molecule has 0 amide bonds. The van der Waals surface area contributed by atoms with Crippen LogP contribution in [0.25, 0.3) is 10.9 Å². The number of nitrogens with one attached hydrogen (secondary N) is 1. The van der Waals surface area contributed by atoms with Gasteiger partial charge < -0.3 is 20.5 Å². The second kappa shape index (κ2) is 10.6. The topological polar surface area (TPSA) is 117 Å². The first-order valence-corrected chi connectivity index (χ1v) is 12.0. The van der Waals surface area contributed by atoms with Crippen molar-refractivity contribution in [3.8, 4) is 17.4 Å². The summed E-state index contributed by atoms with van der Waals surface area (Å²) >= 11 is 6.47. The second-order valence-electron chi connectivity index (χ2n) is 9.78. The summed E-state index contributed by atoms with van der Waals surface area (Å²) in [4.78, 5) is 20.8. The van der Waals surface area contributed by atoms with E-state index in [0.717, 1.165) is 12.6 Å². The van der Waals surface area contributed by atoms with Gasteiger partial charge in [0.2, 0.25) is 5.82 Å². The van der Waals surface area contributed by atoms with Crippen molar-refractivity contribution >= 4 is 45.5 Å². The lowest BCUT2D eigenvalue weighted by Gasteiger charge is -2.16. The summed E-state index contributed by atoms with van der Waals surface area (Å²) in [6.07, 6.45) is 3.69. The molecule has 0 aliphatic carbocycles. The number of carbonyl (C=O) groups excluding carboxylic acids is 1. The van der Waals surface area contributed by atoms with Crippen LogP contribution in [-0.2, 0) is 11.3 Å². The largest absolute Gasteiger partial charge is 0.495 e. The molecule has 2 aromatic heterocycles. The molecular formula is C26H28ClFN6O3. The molecule has 2 aromatic carbocycles. The van der Waals surface area contributed by atoms with Crippen molar-refractivity contribution < 1.29 is 18.7 Å². The van der Waals surface area contributed by atoms with Gasteiger partial charge in [0.15, 0.2) is 5.78 Å². The van der Waals surface area contributed by atoms with E-state index in [0.29, 0.717) is 45.3 Å². The zero-order valence-corrected chi connectivity index (χ0v) is 21.8. The highest BCUT2D eigenvalue weighted by Gasteiger charge is 2.17. The van der Waals surface area contributed by atoms with E-state index in [1.165, 1.54) is 24.2 Å². The van der Waals surface area contributed by atoms with E-state index in [9.17, 15) is 9.18 Å². The molecular weight excluding hydrogens is 499 g/mol. The number of nitrogens with zero attached hydrogens (tertiary/aromatic N) is 4. The molecule has 4 rings (SSSR count). The van der Waals surface area contributed by atoms with E-state index in [-0.39, 0.29) is 29.4 Å². The van der Waals surface area contributed by atoms with Gasteiger partial charge in [0.05, 0.1) is 41.8 Å². The van der Waals surface area contributed by atoms with Crippen molar-refractivity contribution in [2.45, 2.75) is 40.2 Å². The number of nitrogens with two attached hydrogens (primary N) is 1. The molecule has 0 spiro atoms. The first-order chi connectivity index (χ1) is 17.5. The first-order valence-electron chi connectivity index (χ1n) is 11.6. The number of nitrogen functional groups attached to an aromatic ring is 1. The smallest absolute Gasteiger partial charge is 0.274 e. The highest BCUT2D eigenvalue weighted by molar-refractivity contribution is 6.33. The Morgan fingerprint density at radius 1 is 1.22 bits per heavy atom. The molecule has 9 nitrogen and oxygen atoms in total. The van der Waals surface area contributed by atoms with Crippen molar-refractivity contribution in [2.24, 2.45) is 5.41 Å². The fraction of sp³-hybridized carbons (Fsp3) is 0.308. The molecule has 0 aliphatic heterocycles. The minimum atomic E-state index is -0.678. The number of ether oxygens (including phenoxy) is 2. The van der Waals surface area contributed by atoms with Crippen LogP contribution in [-0.4, -0.2) is 32.6 Å². The van der Waals surface area contributed by atoms with E-state index >= 15 is 0 Å². The Morgan fingerprint density at radius 2 is 2.00 bits per heavy atom. The van der Waals surface area contributed by atoms with Gasteiger partial charge in [-0.1, -0.05) is 32.4 Å². The minimum absolute atomic E-state index is 0.0246. The molecule has 0 atom stereocenters. The van der Waals surface area contributed by atoms with Crippen molar-refractivity contribution in [1.29, 1.82) is 0 Å². The summed E-state index contributed by atoms with van der Waals surface area (Å²) in [6.45, 7) is 6.17. The maximum Gasteiger partial charge on any atom is 0.274 e. The van der Waals surface area contributed by atoms with E-state index < -0.39 is 5.82 Å². The highest BCUT2D eigenvalue weighted by Crippen LogP contribution is 2.35. The molecule has 3 N–H and O–H groups in total. The van der Waals surface area contributed by atoms with Crippen molar-refractivity contribution in [1.82, 2.24) is 19.7 Å². The zero-order chi connectivity index (χ0) is 26.7. The summed E-state index contributed by atoms with van der Waals surface area (Å²) in [6, 6.07) is 8.25. The van der Waals surface area contributed by atoms with Gasteiger partial charge >= 0.3 is 0 Å². The lowest BCUT2D eigenvalue weighted by atomic mass is 9.89. The number of benzene rings is 2. The Balaban J connectivity index is 1.47. The van der Waals surface area contributed by atoms with Gasteiger partial charge in [0.25, 0.3) is 5.88 Å². The number of anilines is 3. The summed E-state index contributed by atoms with van der Waals surface area (Å²) in [5.74, 6) is 0.339. The lowest BCUT2D eigenvalue weighted by molar-refractivity contribution is -0.120. The molecule has 37 heavy (non-hydrogen) atoms. The standard InChI is InChI=1S/C26H28ClFN6O3/c1-26(2,3)8-7-15(35)12-34-13-19(28)25(33-34)37-16-5-6-21(18(27)9-16)32-24-17-10-20(29)23(36-4)11-22(17)30-14-31-24/h5-6,9-11,13-14H,7-8,12,29H2,1-4H3,(H,30,31,32). The van der Waals surface area contributed by atoms with Crippen LogP contribution in [0.15, 0.2) is 42.9 Å². The Hall–Kier alpha value is -3.92. The maximum atomic E-state index is 14.4. The van der Waals surface area contributed by atoms with Crippen LogP contribution in [0.2, 0.25) is 5.02 Å². The van der Waals surface area contributed by atoms with Gasteiger partial charge in [-0.25, -0.2) is 9.97 Å². The van der Waals surface area contributed by atoms with Crippen molar-refractivity contribution in [3.63, 3.8) is 0 Å². The molecule has 4 aromatic rings. The summed E-state index contributed by atoms with van der Waals surface area (Å²) in [7, 11) is 1.53. The van der Waals surface area contributed by atoms with Crippen LogP contribution in [0.4, 0.5) is 21.6 Å². The van der Waals surface area contributed by atoms with Crippen LogP contribution in [0.1, 0.15) is 33.6 Å². The molecule has 0 saturated heterocycles. The van der Waals surface area contributed by atoms with Gasteiger partial charge in [0, 0.05) is 23.9 Å². The van der Waals surface area contributed by atoms with E-state index in [1.807, 2.05) is 0 Å². The van der Waals surface area contributed by atoms with Crippen LogP contribution < -0.4 is 20.5 Å². The number of hydrogen-bond donors (Lipinski definition) is 2. The van der Waals surface area contributed by atoms with Crippen LogP contribution >= 0.6 is 11.6 Å². The van der Waals surface area contributed by atoms with Crippen LogP contribution in [0.3, 0.4) is 0 Å². The Bertz CT molecular complexity index is 1450. The van der Waals surface area contributed by atoms with Gasteiger partial charge in [-0.3, -0.25) is 9.48 Å². The summed E-state index contributed by atoms with van der Waals surface area (Å²) in [5.41, 5.74) is 7.72. The third-order valence-electron chi connectivity index (χ3n) is 5.57. The Kier molecular flexibility index (Phi) is 7.49. The van der Waals surface area contributed by atoms with Crippen LogP contribution in [0, 0.1) is 11.2 Å². The number of halogens is 2. The molecule has 0 saturated carbocycles. The maximum absolute atomic E-state index is 14.4. The number of fused-ring (bicyclic) bond motifs is 1. The molecule has 2 heterocycles. The molecule has 0 radical (unpaired) electrons. The molecule has 0 fully saturated rings. The minimum Gasteiger partial charge on any atom is -0.495 e. The second-order valence-corrected chi connectivity index (χ2v) is 10.2. The number of Topliss-reactive ketones (excluding diaryl/α,β-unsaturated/α-hetero) is 1. The lowest BCUT2D eigenvalue weighted by Crippen LogP contribution is -2.14. The Morgan fingerprint density at radius 3 is 2.70 bits per heavy atom. The third kappa shape index (κ3) is 6.45. The monoisotopic (exact) mass is 526 g/mol. The molecule has 194 valence electrons. The number of rotatable bonds is 9.